The normalized spacial score (nSPS) is 24.5. The number of fused-ring (bicyclic) bond motifs is 1. The molecule has 1 fully saturated rings. The third kappa shape index (κ3) is 2.00. The molecule has 2 heterocycles. The van der Waals surface area contributed by atoms with Gasteiger partial charge in [0, 0.05) is 23.9 Å². The molecule has 17 heavy (non-hydrogen) atoms. The van der Waals surface area contributed by atoms with E-state index in [1.165, 1.54) is 0 Å². The van der Waals surface area contributed by atoms with Crippen LogP contribution in [-0.4, -0.2) is 35.0 Å². The summed E-state index contributed by atoms with van der Waals surface area (Å²) in [7, 11) is 0. The van der Waals surface area contributed by atoms with E-state index in [0.29, 0.717) is 5.69 Å². The van der Waals surface area contributed by atoms with Crippen molar-refractivity contribution < 1.29 is 4.79 Å². The van der Waals surface area contributed by atoms with Crippen LogP contribution in [0.3, 0.4) is 0 Å². The molecule has 0 saturated carbocycles. The van der Waals surface area contributed by atoms with Crippen LogP contribution in [0, 0.1) is 0 Å². The summed E-state index contributed by atoms with van der Waals surface area (Å²) in [5, 5.41) is 2.94. The van der Waals surface area contributed by atoms with Crippen LogP contribution in [-0.2, 0) is 11.2 Å². The van der Waals surface area contributed by atoms with Crippen molar-refractivity contribution in [2.75, 3.05) is 23.5 Å². The van der Waals surface area contributed by atoms with E-state index in [4.69, 9.17) is 5.73 Å². The van der Waals surface area contributed by atoms with Gasteiger partial charge in [0.2, 0.25) is 5.91 Å². The highest BCUT2D eigenvalue weighted by Gasteiger charge is 2.32. The molecule has 1 atom stereocenters. The van der Waals surface area contributed by atoms with Gasteiger partial charge in [-0.2, -0.15) is 0 Å². The van der Waals surface area contributed by atoms with Crippen molar-refractivity contribution in [1.29, 1.82) is 0 Å². The van der Waals surface area contributed by atoms with Gasteiger partial charge in [-0.1, -0.05) is 0 Å². The Morgan fingerprint density at radius 3 is 3.12 bits per heavy atom. The highest BCUT2D eigenvalue weighted by molar-refractivity contribution is 7.99. The number of hydrogen-bond donors (Lipinski definition) is 1. The third-order valence-electron chi connectivity index (χ3n) is 3.30. The van der Waals surface area contributed by atoms with Crippen LogP contribution < -0.4 is 11.1 Å². The molecule has 89 valence electrons. The van der Waals surface area contributed by atoms with Crippen molar-refractivity contribution >= 4 is 29.0 Å². The van der Waals surface area contributed by atoms with Crippen molar-refractivity contribution in [3.05, 3.63) is 23.8 Å². The van der Waals surface area contributed by atoms with Gasteiger partial charge in [-0.25, -0.2) is 0 Å². The van der Waals surface area contributed by atoms with Crippen molar-refractivity contribution in [2.45, 2.75) is 12.5 Å². The number of nitrogens with zero attached hydrogens (tertiary/aromatic N) is 1. The maximum Gasteiger partial charge on any atom is 0.242 e. The molecule has 2 aliphatic heterocycles. The Balaban J connectivity index is 1.88. The third-order valence-corrected chi connectivity index (χ3v) is 4.29. The van der Waals surface area contributed by atoms with E-state index in [2.05, 4.69) is 10.2 Å². The summed E-state index contributed by atoms with van der Waals surface area (Å²) >= 11 is 1.87. The Labute approximate surface area is 105 Å². The minimum Gasteiger partial charge on any atom is -0.324 e. The lowest BCUT2D eigenvalue weighted by Crippen LogP contribution is -2.46. The zero-order chi connectivity index (χ0) is 11.8. The molecular formula is C12H14N3OS. The van der Waals surface area contributed by atoms with E-state index in [9.17, 15) is 4.79 Å². The lowest BCUT2D eigenvalue weighted by atomic mass is 9.97. The SMILES string of the molecule is [NH]c1ccc2c(c1)CC(N1CCSC1)C(=O)N2. The van der Waals surface area contributed by atoms with Crippen LogP contribution in [0.4, 0.5) is 11.4 Å². The van der Waals surface area contributed by atoms with E-state index < -0.39 is 0 Å². The van der Waals surface area contributed by atoms with Gasteiger partial charge in [0.05, 0.1) is 11.7 Å². The molecule has 2 aliphatic rings. The van der Waals surface area contributed by atoms with Crippen LogP contribution in [0.5, 0.6) is 0 Å². The van der Waals surface area contributed by atoms with Crippen molar-refractivity contribution in [3.63, 3.8) is 0 Å². The average molecular weight is 248 g/mol. The number of nitrogens with one attached hydrogen (secondary N) is 2. The largest absolute Gasteiger partial charge is 0.324 e. The fraction of sp³-hybridized carbons (Fsp3) is 0.417. The molecule has 1 saturated heterocycles. The summed E-state index contributed by atoms with van der Waals surface area (Å²) in [6.07, 6.45) is 0.731. The molecule has 2 N–H and O–H groups in total. The second-order valence-corrected chi connectivity index (χ2v) is 5.51. The van der Waals surface area contributed by atoms with Gasteiger partial charge in [-0.05, 0) is 30.2 Å². The van der Waals surface area contributed by atoms with Crippen molar-refractivity contribution in [2.24, 2.45) is 0 Å². The molecule has 0 aromatic heterocycles. The smallest absolute Gasteiger partial charge is 0.242 e. The Bertz CT molecular complexity index is 457. The molecule has 1 amide bonds. The molecule has 0 bridgehead atoms. The average Bonchev–Trinajstić information content (AvgIpc) is 2.82. The zero-order valence-corrected chi connectivity index (χ0v) is 10.2. The molecular weight excluding hydrogens is 234 g/mol. The minimum atomic E-state index is -0.0562. The molecule has 0 spiro atoms. The predicted molar refractivity (Wildman–Crippen MR) is 69.4 cm³/mol. The highest BCUT2D eigenvalue weighted by Crippen LogP contribution is 2.29. The monoisotopic (exact) mass is 248 g/mol. The van der Waals surface area contributed by atoms with Gasteiger partial charge in [0.15, 0.2) is 0 Å². The Morgan fingerprint density at radius 2 is 2.35 bits per heavy atom. The number of rotatable bonds is 1. The Hall–Kier alpha value is -1.20. The summed E-state index contributed by atoms with van der Waals surface area (Å²) in [5.74, 6) is 2.14. The van der Waals surface area contributed by atoms with Crippen LogP contribution in [0.15, 0.2) is 18.2 Å². The van der Waals surface area contributed by atoms with E-state index in [1.54, 1.807) is 6.07 Å². The van der Waals surface area contributed by atoms with Crippen LogP contribution >= 0.6 is 11.8 Å². The molecule has 1 unspecified atom stereocenters. The standard InChI is InChI=1S/C12H14N3OS/c13-9-1-2-10-8(5-9)6-11(12(16)14-10)15-3-4-17-7-15/h1-2,5,11,13H,3-4,6-7H2,(H,14,16). The molecule has 1 aromatic rings. The van der Waals surface area contributed by atoms with E-state index in [0.717, 1.165) is 35.8 Å². The Morgan fingerprint density at radius 1 is 1.47 bits per heavy atom. The fourth-order valence-electron chi connectivity index (χ4n) is 2.37. The Kier molecular flexibility index (Phi) is 2.72. The number of carbonyl (C=O) groups excluding carboxylic acids is 1. The van der Waals surface area contributed by atoms with Crippen molar-refractivity contribution in [3.8, 4) is 0 Å². The molecule has 0 aliphatic carbocycles. The molecule has 1 radical (unpaired) electrons. The van der Waals surface area contributed by atoms with Gasteiger partial charge in [0.25, 0.3) is 0 Å². The summed E-state index contributed by atoms with van der Waals surface area (Å²) < 4.78 is 0. The van der Waals surface area contributed by atoms with Crippen LogP contribution in [0.2, 0.25) is 0 Å². The quantitative estimate of drug-likeness (QED) is 0.819. The lowest BCUT2D eigenvalue weighted by Gasteiger charge is -2.30. The highest BCUT2D eigenvalue weighted by atomic mass is 32.2. The van der Waals surface area contributed by atoms with Gasteiger partial charge >= 0.3 is 0 Å². The van der Waals surface area contributed by atoms with Crippen LogP contribution in [0.25, 0.3) is 0 Å². The number of hydrogen-bond acceptors (Lipinski definition) is 3. The summed E-state index contributed by atoms with van der Waals surface area (Å²) in [6.45, 7) is 0.985. The molecule has 4 nitrogen and oxygen atoms in total. The first-order valence-electron chi connectivity index (χ1n) is 5.71. The van der Waals surface area contributed by atoms with E-state index in [1.807, 2.05) is 23.9 Å². The molecule has 5 heteroatoms. The first-order chi connectivity index (χ1) is 8.24. The van der Waals surface area contributed by atoms with Crippen LogP contribution in [0.1, 0.15) is 5.56 Å². The van der Waals surface area contributed by atoms with Gasteiger partial charge in [-0.15, -0.1) is 11.8 Å². The lowest BCUT2D eigenvalue weighted by molar-refractivity contribution is -0.121. The topological polar surface area (TPSA) is 56.1 Å². The predicted octanol–water partition coefficient (Wildman–Crippen LogP) is 1.47. The summed E-state index contributed by atoms with van der Waals surface area (Å²) in [4.78, 5) is 14.2. The molecule has 3 rings (SSSR count). The van der Waals surface area contributed by atoms with E-state index in [-0.39, 0.29) is 11.9 Å². The number of anilines is 1. The minimum absolute atomic E-state index is 0.0562. The number of carbonyl (C=O) groups is 1. The fourth-order valence-corrected chi connectivity index (χ4v) is 3.41. The summed E-state index contributed by atoms with van der Waals surface area (Å²) in [5.41, 5.74) is 10.1. The van der Waals surface area contributed by atoms with Crippen molar-refractivity contribution in [1.82, 2.24) is 10.6 Å². The van der Waals surface area contributed by atoms with Gasteiger partial charge < -0.3 is 11.1 Å². The van der Waals surface area contributed by atoms with Gasteiger partial charge in [-0.3, -0.25) is 9.69 Å². The zero-order valence-electron chi connectivity index (χ0n) is 9.40. The number of thioether (sulfide) groups is 1. The second-order valence-electron chi connectivity index (χ2n) is 4.43. The summed E-state index contributed by atoms with van der Waals surface area (Å²) in [6, 6.07) is 5.33. The number of amides is 1. The number of benzene rings is 1. The molecule has 1 aromatic carbocycles. The first kappa shape index (κ1) is 10.9. The first-order valence-corrected chi connectivity index (χ1v) is 6.87. The van der Waals surface area contributed by atoms with E-state index >= 15 is 0 Å². The maximum atomic E-state index is 12.0. The van der Waals surface area contributed by atoms with Gasteiger partial charge in [0.1, 0.15) is 0 Å². The second kappa shape index (κ2) is 4.23. The maximum absolute atomic E-state index is 12.0.